The molecule has 0 spiro atoms. The maximum Gasteiger partial charge on any atom is 0.149 e. The highest BCUT2D eigenvalue weighted by atomic mass is 79.9. The molecule has 0 aromatic heterocycles. The lowest BCUT2D eigenvalue weighted by atomic mass is 10.2. The van der Waals surface area contributed by atoms with Crippen LogP contribution in [-0.4, -0.2) is 14.2 Å². The molecule has 112 valence electrons. The summed E-state index contributed by atoms with van der Waals surface area (Å²) in [6.45, 7) is 0.335. The number of anilines is 1. The molecule has 3 nitrogen and oxygen atoms in total. The number of methoxy groups -OCH3 is 2. The molecule has 2 aromatic rings. The highest BCUT2D eigenvalue weighted by Gasteiger charge is 2.10. The summed E-state index contributed by atoms with van der Waals surface area (Å²) in [5.74, 6) is 0.0120. The maximum absolute atomic E-state index is 13.7. The number of benzene rings is 2. The van der Waals surface area contributed by atoms with Crippen LogP contribution in [0.1, 0.15) is 5.56 Å². The molecule has 0 saturated heterocycles. The van der Waals surface area contributed by atoms with Gasteiger partial charge < -0.3 is 14.8 Å². The van der Waals surface area contributed by atoms with Gasteiger partial charge in [-0.25, -0.2) is 8.78 Å². The first-order valence-electron chi connectivity index (χ1n) is 6.14. The van der Waals surface area contributed by atoms with E-state index in [1.165, 1.54) is 6.07 Å². The second-order valence-electron chi connectivity index (χ2n) is 4.28. The van der Waals surface area contributed by atoms with E-state index in [9.17, 15) is 8.78 Å². The highest BCUT2D eigenvalue weighted by molar-refractivity contribution is 9.10. The number of ether oxygens (including phenoxy) is 2. The van der Waals surface area contributed by atoms with E-state index in [2.05, 4.69) is 21.2 Å². The molecule has 0 amide bonds. The van der Waals surface area contributed by atoms with E-state index in [1.807, 2.05) is 6.07 Å². The minimum atomic E-state index is -0.650. The smallest absolute Gasteiger partial charge is 0.149 e. The van der Waals surface area contributed by atoms with Crippen LogP contribution >= 0.6 is 15.9 Å². The Morgan fingerprint density at radius 1 is 1.05 bits per heavy atom. The Balaban J connectivity index is 2.18. The molecule has 0 saturated carbocycles. The molecule has 2 rings (SSSR count). The molecule has 1 N–H and O–H groups in total. The van der Waals surface area contributed by atoms with Gasteiger partial charge in [-0.2, -0.15) is 0 Å². The number of halogens is 3. The van der Waals surface area contributed by atoms with Crippen molar-refractivity contribution in [1.82, 2.24) is 0 Å². The van der Waals surface area contributed by atoms with Gasteiger partial charge in [-0.05, 0) is 34.1 Å². The van der Waals surface area contributed by atoms with E-state index in [0.717, 1.165) is 11.6 Å². The molecule has 0 atom stereocenters. The lowest BCUT2D eigenvalue weighted by Gasteiger charge is -2.13. The summed E-state index contributed by atoms with van der Waals surface area (Å²) in [6.07, 6.45) is 0. The second kappa shape index (κ2) is 6.76. The summed E-state index contributed by atoms with van der Waals surface area (Å²) in [6, 6.07) is 7.55. The average Bonchev–Trinajstić information content (AvgIpc) is 2.49. The first-order chi connectivity index (χ1) is 10.0. The van der Waals surface area contributed by atoms with Crippen molar-refractivity contribution in [1.29, 1.82) is 0 Å². The molecular formula is C15H14BrF2NO2. The van der Waals surface area contributed by atoms with Gasteiger partial charge in [0.25, 0.3) is 0 Å². The zero-order valence-electron chi connectivity index (χ0n) is 11.5. The largest absolute Gasteiger partial charge is 0.497 e. The van der Waals surface area contributed by atoms with Crippen LogP contribution in [0.3, 0.4) is 0 Å². The molecule has 6 heteroatoms. The Morgan fingerprint density at radius 2 is 1.81 bits per heavy atom. The second-order valence-corrected chi connectivity index (χ2v) is 5.13. The fourth-order valence-corrected chi connectivity index (χ4v) is 2.19. The molecule has 0 unspecified atom stereocenters. The zero-order chi connectivity index (χ0) is 15.4. The quantitative estimate of drug-likeness (QED) is 0.806. The van der Waals surface area contributed by atoms with Crippen LogP contribution in [0.2, 0.25) is 0 Å². The monoisotopic (exact) mass is 357 g/mol. The predicted molar refractivity (Wildman–Crippen MR) is 80.9 cm³/mol. The number of hydrogen-bond donors (Lipinski definition) is 1. The van der Waals surface area contributed by atoms with E-state index >= 15 is 0 Å². The average molecular weight is 358 g/mol. The lowest BCUT2D eigenvalue weighted by Crippen LogP contribution is -2.04. The van der Waals surface area contributed by atoms with Crippen LogP contribution < -0.4 is 14.8 Å². The minimum absolute atomic E-state index is 0.202. The van der Waals surface area contributed by atoms with Gasteiger partial charge in [-0.15, -0.1) is 0 Å². The van der Waals surface area contributed by atoms with Crippen molar-refractivity contribution in [2.45, 2.75) is 6.54 Å². The van der Waals surface area contributed by atoms with Crippen molar-refractivity contribution >= 4 is 21.6 Å². The fourth-order valence-electron chi connectivity index (χ4n) is 1.85. The molecule has 0 aliphatic heterocycles. The standard InChI is InChI=1S/C15H14BrF2NO2/c1-20-10-4-3-9(15(5-10)21-2)8-19-14-6-11(16)12(17)7-13(14)18/h3-7,19H,8H2,1-2H3. The Bertz CT molecular complexity index is 650. The number of rotatable bonds is 5. The summed E-state index contributed by atoms with van der Waals surface area (Å²) in [5, 5.41) is 2.92. The molecule has 0 aliphatic rings. The van der Waals surface area contributed by atoms with Gasteiger partial charge in [0, 0.05) is 24.2 Å². The topological polar surface area (TPSA) is 30.5 Å². The van der Waals surface area contributed by atoms with E-state index in [1.54, 1.807) is 26.4 Å². The molecule has 0 bridgehead atoms. The molecular weight excluding hydrogens is 344 g/mol. The molecule has 21 heavy (non-hydrogen) atoms. The molecule has 2 aromatic carbocycles. The number of hydrogen-bond acceptors (Lipinski definition) is 3. The van der Waals surface area contributed by atoms with Gasteiger partial charge in [0.05, 0.1) is 24.4 Å². The van der Waals surface area contributed by atoms with Gasteiger partial charge in [0.2, 0.25) is 0 Å². The Morgan fingerprint density at radius 3 is 2.48 bits per heavy atom. The minimum Gasteiger partial charge on any atom is -0.497 e. The molecule has 0 aliphatic carbocycles. The van der Waals surface area contributed by atoms with E-state index in [0.29, 0.717) is 18.0 Å². The van der Waals surface area contributed by atoms with Crippen LogP contribution in [0.15, 0.2) is 34.8 Å². The van der Waals surface area contributed by atoms with Crippen molar-refractivity contribution in [2.75, 3.05) is 19.5 Å². The van der Waals surface area contributed by atoms with Crippen LogP contribution in [-0.2, 0) is 6.54 Å². The summed E-state index contributed by atoms with van der Waals surface area (Å²) in [5.41, 5.74) is 1.04. The van der Waals surface area contributed by atoms with Crippen molar-refractivity contribution in [2.24, 2.45) is 0 Å². The molecule has 0 fully saturated rings. The van der Waals surface area contributed by atoms with Crippen LogP contribution in [0, 0.1) is 11.6 Å². The molecule has 0 heterocycles. The van der Waals surface area contributed by atoms with E-state index in [-0.39, 0.29) is 10.2 Å². The Kier molecular flexibility index (Phi) is 5.01. The van der Waals surface area contributed by atoms with Gasteiger partial charge in [-0.1, -0.05) is 0 Å². The fraction of sp³-hybridized carbons (Fsp3) is 0.200. The lowest BCUT2D eigenvalue weighted by molar-refractivity contribution is 0.391. The SMILES string of the molecule is COc1ccc(CNc2cc(Br)c(F)cc2F)c(OC)c1. The van der Waals surface area contributed by atoms with Crippen LogP contribution in [0.25, 0.3) is 0 Å². The summed E-state index contributed by atoms with van der Waals surface area (Å²) >= 11 is 3.03. The summed E-state index contributed by atoms with van der Waals surface area (Å²) in [4.78, 5) is 0. The summed E-state index contributed by atoms with van der Waals surface area (Å²) in [7, 11) is 3.12. The Hall–Kier alpha value is -1.82. The third-order valence-corrected chi connectivity index (χ3v) is 3.58. The van der Waals surface area contributed by atoms with Crippen molar-refractivity contribution in [3.8, 4) is 11.5 Å². The highest BCUT2D eigenvalue weighted by Crippen LogP contribution is 2.27. The first kappa shape index (κ1) is 15.6. The van der Waals surface area contributed by atoms with Crippen LogP contribution in [0.4, 0.5) is 14.5 Å². The maximum atomic E-state index is 13.7. The summed E-state index contributed by atoms with van der Waals surface area (Å²) < 4.78 is 37.4. The van der Waals surface area contributed by atoms with Crippen molar-refractivity contribution < 1.29 is 18.3 Å². The third-order valence-electron chi connectivity index (χ3n) is 2.97. The zero-order valence-corrected chi connectivity index (χ0v) is 13.1. The van der Waals surface area contributed by atoms with E-state index < -0.39 is 11.6 Å². The third kappa shape index (κ3) is 3.64. The number of nitrogens with one attached hydrogen (secondary N) is 1. The van der Waals surface area contributed by atoms with Gasteiger partial charge in [0.15, 0.2) is 0 Å². The van der Waals surface area contributed by atoms with Crippen molar-refractivity contribution in [3.63, 3.8) is 0 Å². The van der Waals surface area contributed by atoms with Crippen LogP contribution in [0.5, 0.6) is 11.5 Å². The van der Waals surface area contributed by atoms with Gasteiger partial charge >= 0.3 is 0 Å². The predicted octanol–water partition coefficient (Wildman–Crippen LogP) is 4.36. The normalized spacial score (nSPS) is 10.3. The van der Waals surface area contributed by atoms with E-state index in [4.69, 9.17) is 9.47 Å². The molecule has 0 radical (unpaired) electrons. The van der Waals surface area contributed by atoms with Gasteiger partial charge in [-0.3, -0.25) is 0 Å². The Labute approximate surface area is 130 Å². The van der Waals surface area contributed by atoms with Crippen molar-refractivity contribution in [3.05, 3.63) is 52.0 Å². The first-order valence-corrected chi connectivity index (χ1v) is 6.93. The van der Waals surface area contributed by atoms with Gasteiger partial charge in [0.1, 0.15) is 23.1 Å².